The van der Waals surface area contributed by atoms with Crippen LogP contribution in [-0.4, -0.2) is 29.0 Å². The molecule has 0 aliphatic heterocycles. The number of hydrogen-bond donors (Lipinski definition) is 2. The molecule has 0 radical (unpaired) electrons. The number of nitrogens with one attached hydrogen (secondary N) is 1. The van der Waals surface area contributed by atoms with Crippen LogP contribution in [0.15, 0.2) is 24.4 Å². The summed E-state index contributed by atoms with van der Waals surface area (Å²) in [6.45, 7) is 1.43. The van der Waals surface area contributed by atoms with Crippen molar-refractivity contribution in [3.05, 3.63) is 30.1 Å². The smallest absolute Gasteiger partial charge is 0.318 e. The number of aromatic nitrogens is 1. The van der Waals surface area contributed by atoms with E-state index in [1.807, 2.05) is 12.1 Å². The topological polar surface area (TPSA) is 79.3 Å². The molecule has 17 heavy (non-hydrogen) atoms. The monoisotopic (exact) mass is 236 g/mol. The fourth-order valence-electron chi connectivity index (χ4n) is 1.52. The number of carbonyl (C=O) groups is 2. The molecular weight excluding hydrogens is 220 g/mol. The van der Waals surface area contributed by atoms with E-state index in [9.17, 15) is 9.59 Å². The Labute approximate surface area is 99.9 Å². The molecular formula is C12H16N2O3. The van der Waals surface area contributed by atoms with Crippen molar-refractivity contribution in [2.45, 2.75) is 19.8 Å². The number of rotatable bonds is 5. The Morgan fingerprint density at radius 1 is 1.47 bits per heavy atom. The van der Waals surface area contributed by atoms with Gasteiger partial charge in [0, 0.05) is 18.9 Å². The van der Waals surface area contributed by atoms with Crippen LogP contribution in [0.3, 0.4) is 0 Å². The van der Waals surface area contributed by atoms with E-state index in [-0.39, 0.29) is 6.42 Å². The third-order valence-corrected chi connectivity index (χ3v) is 2.81. The lowest BCUT2D eigenvalue weighted by molar-refractivity contribution is -0.154. The van der Waals surface area contributed by atoms with E-state index in [0.29, 0.717) is 6.42 Å². The van der Waals surface area contributed by atoms with Crippen molar-refractivity contribution in [2.75, 3.05) is 7.05 Å². The molecule has 1 unspecified atom stereocenters. The lowest BCUT2D eigenvalue weighted by Crippen LogP contribution is -2.43. The minimum atomic E-state index is -1.41. The Hall–Kier alpha value is -1.91. The molecule has 0 saturated carbocycles. The Kier molecular flexibility index (Phi) is 4.20. The van der Waals surface area contributed by atoms with Crippen LogP contribution in [0.1, 0.15) is 19.0 Å². The lowest BCUT2D eigenvalue weighted by Gasteiger charge is -2.22. The number of carboxylic acids is 1. The first-order valence-electron chi connectivity index (χ1n) is 5.36. The van der Waals surface area contributed by atoms with Gasteiger partial charge in [-0.15, -0.1) is 0 Å². The van der Waals surface area contributed by atoms with E-state index >= 15 is 0 Å². The highest BCUT2D eigenvalue weighted by atomic mass is 16.4. The number of pyridine rings is 1. The van der Waals surface area contributed by atoms with Crippen LogP contribution in [0.4, 0.5) is 0 Å². The zero-order valence-corrected chi connectivity index (χ0v) is 9.93. The van der Waals surface area contributed by atoms with Gasteiger partial charge in [-0.3, -0.25) is 14.6 Å². The molecule has 1 rings (SSSR count). The quantitative estimate of drug-likeness (QED) is 0.743. The van der Waals surface area contributed by atoms with Crippen LogP contribution in [0.25, 0.3) is 0 Å². The third-order valence-electron chi connectivity index (χ3n) is 2.81. The zero-order chi connectivity index (χ0) is 12.9. The molecule has 0 spiro atoms. The molecule has 0 aromatic carbocycles. The van der Waals surface area contributed by atoms with Gasteiger partial charge in [0.25, 0.3) is 0 Å². The molecule has 2 N–H and O–H groups in total. The molecule has 5 nitrogen and oxygen atoms in total. The molecule has 1 aromatic rings. The molecule has 1 heterocycles. The normalized spacial score (nSPS) is 13.8. The SMILES string of the molecule is CNC(=O)C(C)(CCc1ccccn1)C(=O)O. The van der Waals surface area contributed by atoms with Gasteiger partial charge in [0.2, 0.25) is 5.91 Å². The number of nitrogens with zero attached hydrogens (tertiary/aromatic N) is 1. The second-order valence-electron chi connectivity index (χ2n) is 4.04. The largest absolute Gasteiger partial charge is 0.480 e. The van der Waals surface area contributed by atoms with Crippen LogP contribution >= 0.6 is 0 Å². The number of hydrogen-bond acceptors (Lipinski definition) is 3. The number of aliphatic carboxylic acids is 1. The maximum absolute atomic E-state index is 11.6. The molecule has 0 bridgehead atoms. The molecule has 5 heteroatoms. The van der Waals surface area contributed by atoms with Gasteiger partial charge in [-0.2, -0.15) is 0 Å². The van der Waals surface area contributed by atoms with Crippen molar-refractivity contribution in [3.8, 4) is 0 Å². The van der Waals surface area contributed by atoms with Gasteiger partial charge in [-0.25, -0.2) is 0 Å². The molecule has 1 aromatic heterocycles. The summed E-state index contributed by atoms with van der Waals surface area (Å²) in [6, 6.07) is 5.44. The Balaban J connectivity index is 2.76. The third kappa shape index (κ3) is 3.03. The highest BCUT2D eigenvalue weighted by molar-refractivity contribution is 6.01. The molecule has 1 amide bonds. The predicted molar refractivity (Wildman–Crippen MR) is 62.4 cm³/mol. The van der Waals surface area contributed by atoms with Crippen molar-refractivity contribution < 1.29 is 14.7 Å². The van der Waals surface area contributed by atoms with E-state index in [1.165, 1.54) is 14.0 Å². The Morgan fingerprint density at radius 3 is 2.65 bits per heavy atom. The summed E-state index contributed by atoms with van der Waals surface area (Å²) in [6.07, 6.45) is 2.32. The van der Waals surface area contributed by atoms with E-state index in [0.717, 1.165) is 5.69 Å². The van der Waals surface area contributed by atoms with Gasteiger partial charge in [0.15, 0.2) is 0 Å². The first-order chi connectivity index (χ1) is 8.00. The van der Waals surface area contributed by atoms with Crippen LogP contribution in [0.5, 0.6) is 0 Å². The van der Waals surface area contributed by atoms with E-state index in [1.54, 1.807) is 12.3 Å². The van der Waals surface area contributed by atoms with Crippen molar-refractivity contribution in [3.63, 3.8) is 0 Å². The van der Waals surface area contributed by atoms with Gasteiger partial charge in [0.05, 0.1) is 0 Å². The predicted octanol–water partition coefficient (Wildman–Crippen LogP) is 0.851. The second-order valence-corrected chi connectivity index (χ2v) is 4.04. The number of amides is 1. The second kappa shape index (κ2) is 5.43. The summed E-state index contributed by atoms with van der Waals surface area (Å²) in [5.41, 5.74) is -0.629. The highest BCUT2D eigenvalue weighted by Gasteiger charge is 2.40. The lowest BCUT2D eigenvalue weighted by atomic mass is 9.84. The van der Waals surface area contributed by atoms with Gasteiger partial charge in [-0.1, -0.05) is 6.07 Å². The molecule has 0 saturated heterocycles. The summed E-state index contributed by atoms with van der Waals surface area (Å²) < 4.78 is 0. The minimum Gasteiger partial charge on any atom is -0.480 e. The standard InChI is InChI=1S/C12H16N2O3/c1-12(11(16)17,10(15)13-2)7-6-9-5-3-4-8-14-9/h3-5,8H,6-7H2,1-2H3,(H,13,15)(H,16,17). The molecule has 1 atom stereocenters. The average molecular weight is 236 g/mol. The van der Waals surface area contributed by atoms with Gasteiger partial charge in [0.1, 0.15) is 5.41 Å². The molecule has 0 fully saturated rings. The summed E-state index contributed by atoms with van der Waals surface area (Å²) >= 11 is 0. The first-order valence-corrected chi connectivity index (χ1v) is 5.36. The van der Waals surface area contributed by atoms with Crippen molar-refractivity contribution >= 4 is 11.9 Å². The van der Waals surface area contributed by atoms with Crippen LogP contribution in [-0.2, 0) is 16.0 Å². The fraction of sp³-hybridized carbons (Fsp3) is 0.417. The van der Waals surface area contributed by atoms with Crippen molar-refractivity contribution in [1.82, 2.24) is 10.3 Å². The zero-order valence-electron chi connectivity index (χ0n) is 9.93. The minimum absolute atomic E-state index is 0.221. The van der Waals surface area contributed by atoms with Crippen LogP contribution in [0, 0.1) is 5.41 Å². The number of aryl methyl sites for hydroxylation is 1. The Bertz CT molecular complexity index is 405. The van der Waals surface area contributed by atoms with Gasteiger partial charge >= 0.3 is 5.97 Å². The van der Waals surface area contributed by atoms with Crippen molar-refractivity contribution in [2.24, 2.45) is 5.41 Å². The van der Waals surface area contributed by atoms with E-state index < -0.39 is 17.3 Å². The van der Waals surface area contributed by atoms with Gasteiger partial charge in [-0.05, 0) is 31.9 Å². The first kappa shape index (κ1) is 13.2. The maximum atomic E-state index is 11.6. The molecule has 92 valence electrons. The van der Waals surface area contributed by atoms with E-state index in [2.05, 4.69) is 10.3 Å². The van der Waals surface area contributed by atoms with Crippen LogP contribution in [0.2, 0.25) is 0 Å². The highest BCUT2D eigenvalue weighted by Crippen LogP contribution is 2.24. The summed E-state index contributed by atoms with van der Waals surface area (Å²) in [5.74, 6) is -1.60. The summed E-state index contributed by atoms with van der Waals surface area (Å²) in [7, 11) is 1.43. The summed E-state index contributed by atoms with van der Waals surface area (Å²) in [4.78, 5) is 26.8. The number of carbonyl (C=O) groups excluding carboxylic acids is 1. The molecule has 0 aliphatic carbocycles. The van der Waals surface area contributed by atoms with Crippen LogP contribution < -0.4 is 5.32 Å². The number of carboxylic acid groups (broad SMARTS) is 1. The Morgan fingerprint density at radius 2 is 2.18 bits per heavy atom. The fourth-order valence-corrected chi connectivity index (χ4v) is 1.52. The maximum Gasteiger partial charge on any atom is 0.318 e. The summed E-state index contributed by atoms with van der Waals surface area (Å²) in [5, 5.41) is 11.5. The van der Waals surface area contributed by atoms with Gasteiger partial charge < -0.3 is 10.4 Å². The van der Waals surface area contributed by atoms with Crippen molar-refractivity contribution in [1.29, 1.82) is 0 Å². The average Bonchev–Trinajstić information content (AvgIpc) is 2.35. The molecule has 0 aliphatic rings. The van der Waals surface area contributed by atoms with E-state index in [4.69, 9.17) is 5.11 Å².